The van der Waals surface area contributed by atoms with Crippen LogP contribution in [0.1, 0.15) is 22.3 Å². The summed E-state index contributed by atoms with van der Waals surface area (Å²) in [5, 5.41) is 2.25. The van der Waals surface area contributed by atoms with Gasteiger partial charge in [0.25, 0.3) is 0 Å². The smallest absolute Gasteiger partial charge is 0.136 e. The molecule has 0 fully saturated rings. The number of benzene rings is 2. The first-order chi connectivity index (χ1) is 10.1. The largest absolute Gasteiger partial charge is 0.456 e. The molecule has 0 saturated carbocycles. The monoisotopic (exact) mass is 314 g/mol. The van der Waals surface area contributed by atoms with E-state index in [4.69, 9.17) is 4.42 Å². The van der Waals surface area contributed by atoms with Gasteiger partial charge in [0.15, 0.2) is 0 Å². The maximum atomic E-state index is 5.99. The second-order valence-corrected chi connectivity index (χ2v) is 5.66. The van der Waals surface area contributed by atoms with Crippen LogP contribution in [0.25, 0.3) is 21.9 Å². The summed E-state index contributed by atoms with van der Waals surface area (Å²) in [6, 6.07) is 8.39. The van der Waals surface area contributed by atoms with Gasteiger partial charge in [-0.1, -0.05) is 0 Å². The highest BCUT2D eigenvalue weighted by atomic mass is 31.0. The van der Waals surface area contributed by atoms with Gasteiger partial charge in [0.05, 0.1) is 0 Å². The van der Waals surface area contributed by atoms with Crippen LogP contribution in [0.3, 0.4) is 0 Å². The summed E-state index contributed by atoms with van der Waals surface area (Å²) >= 11 is 0. The summed E-state index contributed by atoms with van der Waals surface area (Å²) in [5.41, 5.74) is 6.29. The fourth-order valence-corrected chi connectivity index (χ4v) is 2.82. The standard InChI is InChI=1S/C16H16N2OP2/c1-9-3-13-14-5-11(7-17-20)12(8-18-21)6-16(14)19-15(13)4-10(9)2/h3-8H,20-21H2,1-2H3. The molecule has 0 spiro atoms. The van der Waals surface area contributed by atoms with Crippen molar-refractivity contribution in [3.8, 4) is 0 Å². The Labute approximate surface area is 128 Å². The number of furan rings is 1. The lowest BCUT2D eigenvalue weighted by Crippen LogP contribution is -1.90. The van der Waals surface area contributed by atoms with E-state index in [0.717, 1.165) is 33.1 Å². The maximum Gasteiger partial charge on any atom is 0.136 e. The Balaban J connectivity index is 2.40. The Kier molecular flexibility index (Phi) is 3.89. The van der Waals surface area contributed by atoms with Crippen molar-refractivity contribution in [2.24, 2.45) is 9.53 Å². The van der Waals surface area contributed by atoms with Crippen molar-refractivity contribution in [3.63, 3.8) is 0 Å². The summed E-state index contributed by atoms with van der Waals surface area (Å²) < 4.78 is 14.1. The zero-order valence-electron chi connectivity index (χ0n) is 11.9. The molecule has 0 aliphatic rings. The van der Waals surface area contributed by atoms with E-state index in [0.29, 0.717) is 0 Å². The molecule has 0 N–H and O–H groups in total. The van der Waals surface area contributed by atoms with Crippen LogP contribution in [0.5, 0.6) is 0 Å². The summed E-state index contributed by atoms with van der Waals surface area (Å²) in [7, 11) is 4.71. The van der Waals surface area contributed by atoms with Crippen LogP contribution in [0.15, 0.2) is 38.2 Å². The molecule has 3 rings (SSSR count). The third kappa shape index (κ3) is 2.52. The van der Waals surface area contributed by atoms with Gasteiger partial charge in [0.2, 0.25) is 0 Å². The van der Waals surface area contributed by atoms with Gasteiger partial charge in [-0.3, -0.25) is 9.53 Å². The van der Waals surface area contributed by atoms with Crippen LogP contribution in [0, 0.1) is 13.8 Å². The average molecular weight is 314 g/mol. The van der Waals surface area contributed by atoms with Gasteiger partial charge in [-0.25, -0.2) is 0 Å². The first kappa shape index (κ1) is 14.4. The second kappa shape index (κ2) is 5.67. The summed E-state index contributed by atoms with van der Waals surface area (Å²) in [6.45, 7) is 4.22. The summed E-state index contributed by atoms with van der Waals surface area (Å²) in [4.78, 5) is 0. The minimum absolute atomic E-state index is 0.871. The molecular formula is C16H16N2OP2. The molecule has 2 aromatic carbocycles. The van der Waals surface area contributed by atoms with Crippen LogP contribution >= 0.6 is 18.8 Å². The third-order valence-corrected chi connectivity index (χ3v) is 4.02. The first-order valence-corrected chi connectivity index (χ1v) is 7.61. The number of hydrogen-bond donors (Lipinski definition) is 0. The van der Waals surface area contributed by atoms with E-state index in [1.54, 1.807) is 6.21 Å². The van der Waals surface area contributed by atoms with Crippen LogP contribution < -0.4 is 0 Å². The van der Waals surface area contributed by atoms with Crippen molar-refractivity contribution in [2.45, 2.75) is 13.8 Å². The topological polar surface area (TPSA) is 37.9 Å². The fourth-order valence-electron chi connectivity index (χ4n) is 2.49. The van der Waals surface area contributed by atoms with Crippen LogP contribution in [0.4, 0.5) is 0 Å². The van der Waals surface area contributed by atoms with Gasteiger partial charge < -0.3 is 4.42 Å². The van der Waals surface area contributed by atoms with E-state index in [9.17, 15) is 0 Å². The third-order valence-electron chi connectivity index (χ3n) is 3.72. The highest BCUT2D eigenvalue weighted by Gasteiger charge is 2.11. The van der Waals surface area contributed by atoms with E-state index in [1.807, 2.05) is 12.3 Å². The number of rotatable bonds is 2. The van der Waals surface area contributed by atoms with Crippen molar-refractivity contribution < 1.29 is 4.42 Å². The van der Waals surface area contributed by atoms with E-state index in [1.165, 1.54) is 11.1 Å². The van der Waals surface area contributed by atoms with Gasteiger partial charge >= 0.3 is 0 Å². The highest BCUT2D eigenvalue weighted by molar-refractivity contribution is 7.15. The van der Waals surface area contributed by atoms with Gasteiger partial charge in [-0.2, -0.15) is 0 Å². The van der Waals surface area contributed by atoms with E-state index in [-0.39, 0.29) is 0 Å². The molecule has 0 saturated heterocycles. The molecular weight excluding hydrogens is 298 g/mol. The zero-order chi connectivity index (χ0) is 15.0. The highest BCUT2D eigenvalue weighted by Crippen LogP contribution is 2.32. The van der Waals surface area contributed by atoms with Crippen molar-refractivity contribution in [1.82, 2.24) is 0 Å². The van der Waals surface area contributed by atoms with Gasteiger partial charge in [0.1, 0.15) is 11.2 Å². The molecule has 5 heteroatoms. The Morgan fingerprint density at radius 1 is 0.810 bits per heavy atom. The predicted octanol–water partition coefficient (Wildman–Crippen LogP) is 4.62. The van der Waals surface area contributed by atoms with Gasteiger partial charge in [-0.05, 0) is 68.0 Å². The lowest BCUT2D eigenvalue weighted by molar-refractivity contribution is 0.668. The van der Waals surface area contributed by atoms with Crippen molar-refractivity contribution in [2.75, 3.05) is 0 Å². The van der Waals surface area contributed by atoms with Crippen LogP contribution in [0.2, 0.25) is 0 Å². The first-order valence-electron chi connectivity index (χ1n) is 6.58. The Bertz CT molecular complexity index is 894. The van der Waals surface area contributed by atoms with Crippen LogP contribution in [-0.2, 0) is 0 Å². The van der Waals surface area contributed by atoms with E-state index < -0.39 is 0 Å². The summed E-state index contributed by atoms with van der Waals surface area (Å²) in [6.07, 6.45) is 3.60. The molecule has 0 bridgehead atoms. The quantitative estimate of drug-likeness (QED) is 0.502. The molecule has 0 radical (unpaired) electrons. The molecule has 0 aliphatic carbocycles. The van der Waals surface area contributed by atoms with Gasteiger partial charge in [-0.15, -0.1) is 0 Å². The van der Waals surface area contributed by atoms with Gasteiger partial charge in [0, 0.05) is 34.3 Å². The van der Waals surface area contributed by atoms with Crippen molar-refractivity contribution >= 4 is 53.1 Å². The number of fused-ring (bicyclic) bond motifs is 3. The molecule has 1 heterocycles. The molecule has 0 aliphatic heterocycles. The van der Waals surface area contributed by atoms with Crippen LogP contribution in [-0.4, -0.2) is 12.4 Å². The molecule has 21 heavy (non-hydrogen) atoms. The molecule has 1 aromatic heterocycles. The predicted molar refractivity (Wildman–Crippen MR) is 97.8 cm³/mol. The normalized spacial score (nSPS) is 12.4. The molecule has 2 atom stereocenters. The Morgan fingerprint density at radius 2 is 1.33 bits per heavy atom. The molecule has 3 nitrogen and oxygen atoms in total. The Morgan fingerprint density at radius 3 is 2.00 bits per heavy atom. The SMILES string of the molecule is Cc1cc2oc3cc(C=NP)c(C=NP)cc3c2cc1C. The second-order valence-electron chi connectivity index (χ2n) is 5.07. The fraction of sp³-hybridized carbons (Fsp3) is 0.125. The molecule has 0 amide bonds. The number of aryl methyl sites for hydroxylation is 2. The maximum absolute atomic E-state index is 5.99. The lowest BCUT2D eigenvalue weighted by Gasteiger charge is -2.01. The Hall–Kier alpha value is -1.56. The number of nitrogens with zero attached hydrogens (tertiary/aromatic N) is 2. The van der Waals surface area contributed by atoms with Crippen molar-refractivity contribution in [1.29, 1.82) is 0 Å². The molecule has 3 aromatic rings. The van der Waals surface area contributed by atoms with Crippen molar-refractivity contribution in [3.05, 3.63) is 46.5 Å². The van der Waals surface area contributed by atoms with E-state index in [2.05, 4.69) is 60.4 Å². The minimum Gasteiger partial charge on any atom is -0.456 e. The average Bonchev–Trinajstić information content (AvgIpc) is 2.77. The molecule has 2 unspecified atom stereocenters. The van der Waals surface area contributed by atoms with E-state index >= 15 is 0 Å². The number of hydrogen-bond acceptors (Lipinski definition) is 3. The molecule has 106 valence electrons. The lowest BCUT2D eigenvalue weighted by atomic mass is 10.0. The minimum atomic E-state index is 0.871. The zero-order valence-corrected chi connectivity index (χ0v) is 14.2. The summed E-state index contributed by atoms with van der Waals surface area (Å²) in [5.74, 6) is 0.